The topological polar surface area (TPSA) is 49.3 Å². The third-order valence-electron chi connectivity index (χ3n) is 3.96. The summed E-state index contributed by atoms with van der Waals surface area (Å²) in [7, 11) is 0. The van der Waals surface area contributed by atoms with Gasteiger partial charge in [0, 0.05) is 43.2 Å². The molecule has 1 amide bonds. The van der Waals surface area contributed by atoms with Crippen LogP contribution < -0.4 is 4.90 Å². The number of hydrogen-bond donors (Lipinski definition) is 0. The summed E-state index contributed by atoms with van der Waals surface area (Å²) >= 11 is 1.54. The molecule has 0 aromatic carbocycles. The molecule has 1 saturated heterocycles. The van der Waals surface area contributed by atoms with Gasteiger partial charge in [0.1, 0.15) is 17.3 Å². The Morgan fingerprint density at radius 1 is 1.23 bits per heavy atom. The van der Waals surface area contributed by atoms with Gasteiger partial charge in [-0.15, -0.1) is 11.3 Å². The molecule has 0 atom stereocenters. The molecule has 2 aromatic heterocycles. The van der Waals surface area contributed by atoms with Crippen molar-refractivity contribution in [2.75, 3.05) is 31.1 Å². The Morgan fingerprint density at radius 3 is 2.58 bits per heavy atom. The Balaban J connectivity index is 1.63. The minimum absolute atomic E-state index is 0.0761. The molecule has 138 valence electrons. The van der Waals surface area contributed by atoms with E-state index in [1.54, 1.807) is 27.2 Å². The maximum Gasteiger partial charge on any atom is 0.433 e. The number of amides is 1. The van der Waals surface area contributed by atoms with Gasteiger partial charge < -0.3 is 9.80 Å². The van der Waals surface area contributed by atoms with E-state index in [-0.39, 0.29) is 17.5 Å². The molecule has 0 N–H and O–H groups in total. The summed E-state index contributed by atoms with van der Waals surface area (Å²) in [5.41, 5.74) is -0.947. The van der Waals surface area contributed by atoms with Crippen molar-refractivity contribution < 1.29 is 18.0 Å². The molecule has 26 heavy (non-hydrogen) atoms. The van der Waals surface area contributed by atoms with E-state index < -0.39 is 11.9 Å². The molecule has 0 bridgehead atoms. The molecular formula is C17H17F3N4OS. The molecule has 1 aliphatic heterocycles. The van der Waals surface area contributed by atoms with E-state index in [0.717, 1.165) is 10.9 Å². The SMILES string of the molecule is Cc1nc(N2CCN(C(=O)C=Cc3cccs3)CC2)cc(C(F)(F)F)n1. The van der Waals surface area contributed by atoms with Crippen molar-refractivity contribution in [3.63, 3.8) is 0 Å². The minimum atomic E-state index is -4.51. The van der Waals surface area contributed by atoms with Gasteiger partial charge in [-0.3, -0.25) is 4.79 Å². The van der Waals surface area contributed by atoms with E-state index in [4.69, 9.17) is 0 Å². The number of thiophene rings is 1. The van der Waals surface area contributed by atoms with Crippen LogP contribution in [0, 0.1) is 6.92 Å². The molecular weight excluding hydrogens is 365 g/mol. The Kier molecular flexibility index (Phi) is 5.26. The first kappa shape index (κ1) is 18.4. The van der Waals surface area contributed by atoms with E-state index in [1.807, 2.05) is 17.5 Å². The van der Waals surface area contributed by atoms with Gasteiger partial charge in [-0.1, -0.05) is 6.07 Å². The highest BCUT2D eigenvalue weighted by molar-refractivity contribution is 7.10. The van der Waals surface area contributed by atoms with Crippen LogP contribution in [-0.4, -0.2) is 47.0 Å². The molecule has 0 spiro atoms. The Morgan fingerprint density at radius 2 is 1.96 bits per heavy atom. The number of nitrogens with zero attached hydrogens (tertiary/aromatic N) is 4. The summed E-state index contributed by atoms with van der Waals surface area (Å²) in [4.78, 5) is 24.2. The Labute approximate surface area is 152 Å². The van der Waals surface area contributed by atoms with Crippen LogP contribution in [-0.2, 0) is 11.0 Å². The van der Waals surface area contributed by atoms with Crippen molar-refractivity contribution in [2.24, 2.45) is 0 Å². The molecule has 0 unspecified atom stereocenters. The predicted molar refractivity (Wildman–Crippen MR) is 93.9 cm³/mol. The van der Waals surface area contributed by atoms with Crippen LogP contribution in [0.3, 0.4) is 0 Å². The number of carbonyl (C=O) groups is 1. The smallest absolute Gasteiger partial charge is 0.353 e. The summed E-state index contributed by atoms with van der Waals surface area (Å²) in [5.74, 6) is 0.214. The average Bonchev–Trinajstić information content (AvgIpc) is 3.12. The largest absolute Gasteiger partial charge is 0.433 e. The number of halogens is 3. The van der Waals surface area contributed by atoms with Crippen LogP contribution in [0.4, 0.5) is 19.0 Å². The highest BCUT2D eigenvalue weighted by Gasteiger charge is 2.34. The van der Waals surface area contributed by atoms with Crippen LogP contribution in [0.15, 0.2) is 29.7 Å². The van der Waals surface area contributed by atoms with Crippen molar-refractivity contribution in [3.8, 4) is 0 Å². The van der Waals surface area contributed by atoms with Crippen LogP contribution in [0.25, 0.3) is 6.08 Å². The van der Waals surface area contributed by atoms with Crippen molar-refractivity contribution >= 4 is 29.1 Å². The highest BCUT2D eigenvalue weighted by atomic mass is 32.1. The number of aromatic nitrogens is 2. The second-order valence-electron chi connectivity index (χ2n) is 5.82. The number of anilines is 1. The zero-order valence-electron chi connectivity index (χ0n) is 14.0. The molecule has 5 nitrogen and oxygen atoms in total. The van der Waals surface area contributed by atoms with Gasteiger partial charge in [0.25, 0.3) is 0 Å². The van der Waals surface area contributed by atoms with E-state index in [9.17, 15) is 18.0 Å². The quantitative estimate of drug-likeness (QED) is 0.765. The zero-order valence-corrected chi connectivity index (χ0v) is 14.8. The van der Waals surface area contributed by atoms with Crippen molar-refractivity contribution in [1.29, 1.82) is 0 Å². The molecule has 0 radical (unpaired) electrons. The predicted octanol–water partition coefficient (Wildman–Crippen LogP) is 3.23. The highest BCUT2D eigenvalue weighted by Crippen LogP contribution is 2.29. The third-order valence-corrected chi connectivity index (χ3v) is 4.80. The number of piperazine rings is 1. The number of alkyl halides is 3. The Bertz CT molecular complexity index is 797. The number of hydrogen-bond acceptors (Lipinski definition) is 5. The van der Waals surface area contributed by atoms with Gasteiger partial charge in [0.2, 0.25) is 5.91 Å². The fourth-order valence-electron chi connectivity index (χ4n) is 2.66. The normalized spacial score (nSPS) is 15.7. The molecule has 0 aliphatic carbocycles. The summed E-state index contributed by atoms with van der Waals surface area (Å²) in [5, 5.41) is 1.93. The molecule has 1 fully saturated rings. The third kappa shape index (κ3) is 4.40. The maximum absolute atomic E-state index is 12.9. The molecule has 1 aliphatic rings. The summed E-state index contributed by atoms with van der Waals surface area (Å²) in [6.07, 6.45) is -1.21. The van der Waals surface area contributed by atoms with E-state index >= 15 is 0 Å². The lowest BCUT2D eigenvalue weighted by atomic mass is 10.2. The van der Waals surface area contributed by atoms with E-state index in [1.165, 1.54) is 13.0 Å². The number of carbonyl (C=O) groups excluding carboxylic acids is 1. The van der Waals surface area contributed by atoms with Crippen LogP contribution in [0.1, 0.15) is 16.4 Å². The maximum atomic E-state index is 12.9. The fourth-order valence-corrected chi connectivity index (χ4v) is 3.28. The summed E-state index contributed by atoms with van der Waals surface area (Å²) < 4.78 is 38.7. The van der Waals surface area contributed by atoms with Crippen LogP contribution in [0.5, 0.6) is 0 Å². The van der Waals surface area contributed by atoms with E-state index in [2.05, 4.69) is 9.97 Å². The molecule has 3 rings (SSSR count). The second kappa shape index (κ2) is 7.45. The fraction of sp³-hybridized carbons (Fsp3) is 0.353. The number of rotatable bonds is 3. The summed E-state index contributed by atoms with van der Waals surface area (Å²) in [6.45, 7) is 3.14. The molecule has 0 saturated carbocycles. The van der Waals surface area contributed by atoms with Crippen molar-refractivity contribution in [2.45, 2.75) is 13.1 Å². The standard InChI is InChI=1S/C17H17F3N4OS/c1-12-21-14(17(18,19)20)11-15(22-12)23-6-8-24(9-7-23)16(25)5-4-13-3-2-10-26-13/h2-5,10-11H,6-9H2,1H3. The van der Waals surface area contributed by atoms with Crippen molar-refractivity contribution in [1.82, 2.24) is 14.9 Å². The Hall–Kier alpha value is -2.42. The van der Waals surface area contributed by atoms with Gasteiger partial charge in [0.15, 0.2) is 0 Å². The van der Waals surface area contributed by atoms with Gasteiger partial charge >= 0.3 is 6.18 Å². The lowest BCUT2D eigenvalue weighted by molar-refractivity contribution is -0.141. The second-order valence-corrected chi connectivity index (χ2v) is 6.80. The first-order valence-corrected chi connectivity index (χ1v) is 8.89. The lowest BCUT2D eigenvalue weighted by Crippen LogP contribution is -2.48. The summed E-state index contributed by atoms with van der Waals surface area (Å²) in [6, 6.07) is 4.79. The number of aryl methyl sites for hydroxylation is 1. The van der Waals surface area contributed by atoms with E-state index in [0.29, 0.717) is 26.2 Å². The molecule has 9 heteroatoms. The van der Waals surface area contributed by atoms with Crippen LogP contribution >= 0.6 is 11.3 Å². The van der Waals surface area contributed by atoms with Gasteiger partial charge in [0.05, 0.1) is 0 Å². The van der Waals surface area contributed by atoms with Gasteiger partial charge in [-0.25, -0.2) is 9.97 Å². The first-order chi connectivity index (χ1) is 12.3. The molecule has 2 aromatic rings. The van der Waals surface area contributed by atoms with Crippen molar-refractivity contribution in [3.05, 3.63) is 46.1 Å². The van der Waals surface area contributed by atoms with Crippen LogP contribution in [0.2, 0.25) is 0 Å². The first-order valence-electron chi connectivity index (χ1n) is 8.01. The minimum Gasteiger partial charge on any atom is -0.353 e. The zero-order chi connectivity index (χ0) is 18.7. The molecule has 3 heterocycles. The monoisotopic (exact) mass is 382 g/mol. The lowest BCUT2D eigenvalue weighted by Gasteiger charge is -2.35. The van der Waals surface area contributed by atoms with Gasteiger partial charge in [-0.2, -0.15) is 13.2 Å². The average molecular weight is 382 g/mol. The van der Waals surface area contributed by atoms with Gasteiger partial charge in [-0.05, 0) is 24.4 Å².